The van der Waals surface area contributed by atoms with E-state index < -0.39 is 0 Å². The molecule has 0 radical (unpaired) electrons. The fourth-order valence-electron chi connectivity index (χ4n) is 2.52. The first kappa shape index (κ1) is 13.4. The van der Waals surface area contributed by atoms with E-state index in [2.05, 4.69) is 20.4 Å². The summed E-state index contributed by atoms with van der Waals surface area (Å²) < 4.78 is 13.9. The van der Waals surface area contributed by atoms with Crippen LogP contribution in [-0.4, -0.2) is 29.3 Å². The number of nitrogens with zero attached hydrogens (tertiary/aromatic N) is 2. The van der Waals surface area contributed by atoms with E-state index in [-0.39, 0.29) is 5.82 Å². The lowest BCUT2D eigenvalue weighted by atomic mass is 10.2. The van der Waals surface area contributed by atoms with Gasteiger partial charge in [-0.1, -0.05) is 11.6 Å². The molecule has 1 unspecified atom stereocenters. The molecule has 0 aliphatic carbocycles. The van der Waals surface area contributed by atoms with Gasteiger partial charge in [-0.05, 0) is 24.6 Å². The lowest BCUT2D eigenvalue weighted by molar-refractivity contribution is 0.550. The minimum atomic E-state index is -0.256. The van der Waals surface area contributed by atoms with Crippen molar-refractivity contribution < 1.29 is 4.39 Å². The van der Waals surface area contributed by atoms with Crippen LogP contribution in [0.2, 0.25) is 5.02 Å². The van der Waals surface area contributed by atoms with E-state index in [9.17, 15) is 4.39 Å². The predicted molar refractivity (Wildman–Crippen MR) is 77.5 cm³/mol. The van der Waals surface area contributed by atoms with Crippen LogP contribution < -0.4 is 10.2 Å². The summed E-state index contributed by atoms with van der Waals surface area (Å²) in [6.07, 6.45) is 4.68. The number of H-pyrrole nitrogens is 1. The largest absolute Gasteiger partial charge is 0.368 e. The lowest BCUT2D eigenvalue weighted by Gasteiger charge is -2.19. The van der Waals surface area contributed by atoms with Gasteiger partial charge in [-0.2, -0.15) is 5.10 Å². The van der Waals surface area contributed by atoms with Gasteiger partial charge in [-0.25, -0.2) is 4.39 Å². The molecule has 1 aliphatic heterocycles. The first-order valence-electron chi connectivity index (χ1n) is 6.63. The Kier molecular flexibility index (Phi) is 3.89. The van der Waals surface area contributed by atoms with Gasteiger partial charge in [-0.3, -0.25) is 5.10 Å². The molecular weight excluding hydrogens is 279 g/mol. The fourth-order valence-corrected chi connectivity index (χ4v) is 2.68. The molecule has 2 heterocycles. The predicted octanol–water partition coefficient (Wildman–Crippen LogP) is 2.57. The number of rotatable bonds is 4. The minimum absolute atomic E-state index is 0.256. The molecule has 2 aromatic rings. The van der Waals surface area contributed by atoms with Crippen molar-refractivity contribution in [2.75, 3.05) is 18.0 Å². The molecule has 20 heavy (non-hydrogen) atoms. The van der Waals surface area contributed by atoms with Gasteiger partial charge in [0, 0.05) is 42.5 Å². The van der Waals surface area contributed by atoms with Gasteiger partial charge in [0.15, 0.2) is 0 Å². The molecule has 0 saturated carbocycles. The summed E-state index contributed by atoms with van der Waals surface area (Å²) in [4.78, 5) is 2.05. The van der Waals surface area contributed by atoms with E-state index in [1.165, 1.54) is 6.07 Å². The van der Waals surface area contributed by atoms with E-state index in [0.29, 0.717) is 16.8 Å². The summed E-state index contributed by atoms with van der Waals surface area (Å²) >= 11 is 5.78. The average Bonchev–Trinajstić information content (AvgIpc) is 3.07. The number of hydrogen-bond acceptors (Lipinski definition) is 3. The van der Waals surface area contributed by atoms with E-state index in [1.54, 1.807) is 18.3 Å². The molecule has 3 rings (SSSR count). The van der Waals surface area contributed by atoms with Crippen LogP contribution in [0.15, 0.2) is 30.6 Å². The first-order chi connectivity index (χ1) is 9.72. The van der Waals surface area contributed by atoms with Crippen molar-refractivity contribution in [1.29, 1.82) is 0 Å². The molecule has 106 valence electrons. The van der Waals surface area contributed by atoms with Crippen LogP contribution in [0.25, 0.3) is 0 Å². The Hall–Kier alpha value is -1.59. The van der Waals surface area contributed by atoms with Crippen LogP contribution >= 0.6 is 11.6 Å². The molecule has 4 nitrogen and oxygen atoms in total. The van der Waals surface area contributed by atoms with Gasteiger partial charge in [0.1, 0.15) is 5.82 Å². The number of anilines is 1. The summed E-state index contributed by atoms with van der Waals surface area (Å²) in [6.45, 7) is 2.43. The third-order valence-electron chi connectivity index (χ3n) is 3.59. The molecule has 0 bridgehead atoms. The Bertz CT molecular complexity index is 573. The highest BCUT2D eigenvalue weighted by atomic mass is 35.5. The molecule has 1 aromatic heterocycles. The van der Waals surface area contributed by atoms with Crippen molar-refractivity contribution in [2.24, 2.45) is 0 Å². The summed E-state index contributed by atoms with van der Waals surface area (Å²) in [5.74, 6) is -0.256. The zero-order valence-electron chi connectivity index (χ0n) is 10.9. The summed E-state index contributed by atoms with van der Waals surface area (Å²) in [5.41, 5.74) is 1.75. The van der Waals surface area contributed by atoms with Crippen molar-refractivity contribution in [3.8, 4) is 0 Å². The van der Waals surface area contributed by atoms with E-state index >= 15 is 0 Å². The van der Waals surface area contributed by atoms with Crippen molar-refractivity contribution >= 4 is 17.3 Å². The van der Waals surface area contributed by atoms with Gasteiger partial charge >= 0.3 is 0 Å². The molecule has 1 fully saturated rings. The van der Waals surface area contributed by atoms with Crippen molar-refractivity contribution in [2.45, 2.75) is 19.0 Å². The second-order valence-electron chi connectivity index (χ2n) is 5.01. The van der Waals surface area contributed by atoms with Crippen molar-refractivity contribution in [3.05, 3.63) is 47.0 Å². The molecule has 1 aliphatic rings. The van der Waals surface area contributed by atoms with Crippen molar-refractivity contribution in [1.82, 2.24) is 15.5 Å². The molecule has 0 spiro atoms. The highest BCUT2D eigenvalue weighted by molar-refractivity contribution is 6.30. The fraction of sp³-hybridized carbons (Fsp3) is 0.357. The van der Waals surface area contributed by atoms with Gasteiger partial charge < -0.3 is 10.2 Å². The van der Waals surface area contributed by atoms with E-state index in [0.717, 1.165) is 31.6 Å². The summed E-state index contributed by atoms with van der Waals surface area (Å²) in [6, 6.07) is 5.20. The highest BCUT2D eigenvalue weighted by Gasteiger charge is 2.24. The topological polar surface area (TPSA) is 44.0 Å². The third kappa shape index (κ3) is 2.94. The van der Waals surface area contributed by atoms with Crippen LogP contribution in [0.1, 0.15) is 12.0 Å². The molecule has 2 N–H and O–H groups in total. The Balaban J connectivity index is 1.59. The maximum absolute atomic E-state index is 13.9. The molecule has 0 amide bonds. The Morgan fingerprint density at radius 3 is 3.15 bits per heavy atom. The maximum Gasteiger partial charge on any atom is 0.147 e. The maximum atomic E-state index is 13.9. The second-order valence-corrected chi connectivity index (χ2v) is 5.45. The molecule has 1 saturated heterocycles. The second kappa shape index (κ2) is 5.81. The van der Waals surface area contributed by atoms with Crippen molar-refractivity contribution in [3.63, 3.8) is 0 Å². The number of aromatic amines is 1. The zero-order valence-corrected chi connectivity index (χ0v) is 11.7. The van der Waals surface area contributed by atoms with Crippen LogP contribution in [0, 0.1) is 5.82 Å². The van der Waals surface area contributed by atoms with Crippen LogP contribution in [0.3, 0.4) is 0 Å². The minimum Gasteiger partial charge on any atom is -0.368 e. The van der Waals surface area contributed by atoms with Crippen LogP contribution in [-0.2, 0) is 6.54 Å². The summed E-state index contributed by atoms with van der Waals surface area (Å²) in [5, 5.41) is 10.6. The quantitative estimate of drug-likeness (QED) is 0.911. The van der Waals surface area contributed by atoms with E-state index in [1.807, 2.05) is 6.20 Å². The summed E-state index contributed by atoms with van der Waals surface area (Å²) in [7, 11) is 0. The average molecular weight is 295 g/mol. The monoisotopic (exact) mass is 294 g/mol. The zero-order chi connectivity index (χ0) is 13.9. The lowest BCUT2D eigenvalue weighted by Crippen LogP contribution is -2.32. The third-order valence-corrected chi connectivity index (χ3v) is 3.82. The molecule has 1 atom stereocenters. The SMILES string of the molecule is Fc1cc(Cl)ccc1N1CCC(NCc2cn[nH]c2)C1. The van der Waals surface area contributed by atoms with Gasteiger partial charge in [0.2, 0.25) is 0 Å². The number of nitrogens with one attached hydrogen (secondary N) is 2. The molecular formula is C14H16ClFN4. The Morgan fingerprint density at radius 1 is 1.50 bits per heavy atom. The molecule has 6 heteroatoms. The van der Waals surface area contributed by atoms with Gasteiger partial charge in [0.05, 0.1) is 11.9 Å². The highest BCUT2D eigenvalue weighted by Crippen LogP contribution is 2.26. The smallest absolute Gasteiger partial charge is 0.147 e. The first-order valence-corrected chi connectivity index (χ1v) is 7.01. The Labute approximate surface area is 121 Å². The van der Waals surface area contributed by atoms with Crippen LogP contribution in [0.5, 0.6) is 0 Å². The van der Waals surface area contributed by atoms with E-state index in [4.69, 9.17) is 11.6 Å². The number of aromatic nitrogens is 2. The van der Waals surface area contributed by atoms with Gasteiger partial charge in [-0.15, -0.1) is 0 Å². The van der Waals surface area contributed by atoms with Crippen LogP contribution in [0.4, 0.5) is 10.1 Å². The molecule has 1 aromatic carbocycles. The van der Waals surface area contributed by atoms with Gasteiger partial charge in [0.25, 0.3) is 0 Å². The number of hydrogen-bond donors (Lipinski definition) is 2. The Morgan fingerprint density at radius 2 is 2.40 bits per heavy atom. The number of benzene rings is 1. The normalized spacial score (nSPS) is 18.7. The standard InChI is InChI=1S/C14H16ClFN4/c15-11-1-2-14(13(16)5-11)20-4-3-12(9-20)17-6-10-7-18-19-8-10/h1-2,5,7-8,12,17H,3-4,6,9H2,(H,18,19). The number of halogens is 2.